The number of ether oxygens (including phenoxy) is 1. The zero-order valence-corrected chi connectivity index (χ0v) is 15.5. The third kappa shape index (κ3) is 4.91. The molecule has 2 amide bonds. The van der Waals surface area contributed by atoms with Gasteiger partial charge in [0.25, 0.3) is 0 Å². The molecular weight excluding hydrogens is 326 g/mol. The Balaban J connectivity index is 1.42. The summed E-state index contributed by atoms with van der Waals surface area (Å²) in [5.41, 5.74) is 2.38. The normalized spacial score (nSPS) is 15.5. The molecule has 2 aromatic carbocycles. The van der Waals surface area contributed by atoms with Gasteiger partial charge in [-0.15, -0.1) is 0 Å². The maximum atomic E-state index is 12.5. The fourth-order valence-corrected chi connectivity index (χ4v) is 3.08. The van der Waals surface area contributed by atoms with Crippen molar-refractivity contribution in [2.45, 2.75) is 19.9 Å². The van der Waals surface area contributed by atoms with E-state index in [1.807, 2.05) is 61.2 Å². The number of hydrogen-bond donors (Lipinski definition) is 1. The first-order chi connectivity index (χ1) is 12.6. The molecule has 26 heavy (non-hydrogen) atoms. The lowest BCUT2D eigenvalue weighted by Gasteiger charge is -2.36. The van der Waals surface area contributed by atoms with Crippen LogP contribution in [0.3, 0.4) is 0 Å². The average Bonchev–Trinajstić information content (AvgIpc) is 2.67. The van der Waals surface area contributed by atoms with Gasteiger partial charge in [-0.05, 0) is 43.7 Å². The smallest absolute Gasteiger partial charge is 0.317 e. The summed E-state index contributed by atoms with van der Waals surface area (Å²) in [6, 6.07) is 18.2. The zero-order chi connectivity index (χ0) is 18.4. The predicted molar refractivity (Wildman–Crippen MR) is 105 cm³/mol. The summed E-state index contributed by atoms with van der Waals surface area (Å²) in [6.07, 6.45) is 0. The van der Waals surface area contributed by atoms with Gasteiger partial charge >= 0.3 is 6.03 Å². The minimum atomic E-state index is -0.0461. The van der Waals surface area contributed by atoms with Crippen LogP contribution in [0.5, 0.6) is 5.75 Å². The lowest BCUT2D eigenvalue weighted by atomic mass is 10.2. The fourth-order valence-electron chi connectivity index (χ4n) is 3.08. The maximum absolute atomic E-state index is 12.5. The molecule has 1 N–H and O–H groups in total. The Kier molecular flexibility index (Phi) is 6.00. The van der Waals surface area contributed by atoms with Crippen LogP contribution < -0.4 is 15.0 Å². The van der Waals surface area contributed by atoms with E-state index in [2.05, 4.69) is 22.3 Å². The molecule has 0 bridgehead atoms. The van der Waals surface area contributed by atoms with Crippen molar-refractivity contribution in [3.63, 3.8) is 0 Å². The van der Waals surface area contributed by atoms with Crippen molar-refractivity contribution in [1.29, 1.82) is 0 Å². The molecule has 1 heterocycles. The lowest BCUT2D eigenvalue weighted by Crippen LogP contribution is -2.53. The molecule has 1 saturated heterocycles. The summed E-state index contributed by atoms with van der Waals surface area (Å²) in [5.74, 6) is 0.836. The monoisotopic (exact) mass is 353 g/mol. The van der Waals surface area contributed by atoms with Crippen LogP contribution in [0.1, 0.15) is 12.5 Å². The van der Waals surface area contributed by atoms with Gasteiger partial charge in [-0.2, -0.15) is 0 Å². The Morgan fingerprint density at radius 3 is 2.50 bits per heavy atom. The van der Waals surface area contributed by atoms with Crippen molar-refractivity contribution in [3.8, 4) is 5.75 Å². The summed E-state index contributed by atoms with van der Waals surface area (Å²) in [7, 11) is 0. The average molecular weight is 353 g/mol. The quantitative estimate of drug-likeness (QED) is 0.897. The van der Waals surface area contributed by atoms with Crippen molar-refractivity contribution in [1.82, 2.24) is 10.2 Å². The Morgan fingerprint density at radius 1 is 1.08 bits per heavy atom. The molecule has 3 rings (SSSR count). The molecule has 0 aromatic heterocycles. The molecule has 2 aromatic rings. The summed E-state index contributed by atoms with van der Waals surface area (Å²) >= 11 is 0. The van der Waals surface area contributed by atoms with Crippen molar-refractivity contribution < 1.29 is 9.53 Å². The van der Waals surface area contributed by atoms with Crippen LogP contribution in [0, 0.1) is 6.92 Å². The van der Waals surface area contributed by atoms with E-state index in [4.69, 9.17) is 4.74 Å². The van der Waals surface area contributed by atoms with E-state index < -0.39 is 0 Å². The van der Waals surface area contributed by atoms with Crippen LogP contribution in [0.25, 0.3) is 0 Å². The standard InChI is InChI=1S/C21H27N3O2/c1-17-7-6-10-20(15-17)26-16-18(2)22-21(25)24-13-11-23(12-14-24)19-8-4-3-5-9-19/h3-10,15,18H,11-14,16H2,1-2H3,(H,22,25). The number of benzene rings is 2. The third-order valence-corrected chi connectivity index (χ3v) is 4.55. The van der Waals surface area contributed by atoms with Gasteiger partial charge in [-0.1, -0.05) is 30.3 Å². The molecule has 1 aliphatic rings. The molecule has 1 aliphatic heterocycles. The summed E-state index contributed by atoms with van der Waals surface area (Å²) in [6.45, 7) is 7.62. The van der Waals surface area contributed by atoms with Crippen LogP contribution >= 0.6 is 0 Å². The number of nitrogens with one attached hydrogen (secondary N) is 1. The van der Waals surface area contributed by atoms with E-state index in [0.717, 1.165) is 37.5 Å². The number of aryl methyl sites for hydroxylation is 1. The van der Waals surface area contributed by atoms with Crippen molar-refractivity contribution in [3.05, 3.63) is 60.2 Å². The molecule has 0 spiro atoms. The number of rotatable bonds is 5. The number of hydrogen-bond acceptors (Lipinski definition) is 3. The van der Waals surface area contributed by atoms with E-state index in [-0.39, 0.29) is 12.1 Å². The number of amides is 2. The molecule has 0 aliphatic carbocycles. The molecule has 5 nitrogen and oxygen atoms in total. The Morgan fingerprint density at radius 2 is 1.81 bits per heavy atom. The highest BCUT2D eigenvalue weighted by Gasteiger charge is 2.22. The second-order valence-corrected chi connectivity index (χ2v) is 6.79. The minimum Gasteiger partial charge on any atom is -0.491 e. The molecular formula is C21H27N3O2. The molecule has 138 valence electrons. The molecule has 5 heteroatoms. The second-order valence-electron chi connectivity index (χ2n) is 6.79. The van der Waals surface area contributed by atoms with Crippen molar-refractivity contribution in [2.24, 2.45) is 0 Å². The summed E-state index contributed by atoms with van der Waals surface area (Å²) < 4.78 is 5.77. The van der Waals surface area contributed by atoms with Gasteiger partial charge < -0.3 is 19.9 Å². The lowest BCUT2D eigenvalue weighted by molar-refractivity contribution is 0.184. The molecule has 1 fully saturated rings. The van der Waals surface area contributed by atoms with Gasteiger partial charge in [0, 0.05) is 31.9 Å². The van der Waals surface area contributed by atoms with Crippen molar-refractivity contribution in [2.75, 3.05) is 37.7 Å². The van der Waals surface area contributed by atoms with E-state index in [0.29, 0.717) is 6.61 Å². The first-order valence-corrected chi connectivity index (χ1v) is 9.17. The molecule has 1 atom stereocenters. The SMILES string of the molecule is Cc1cccc(OCC(C)NC(=O)N2CCN(c3ccccc3)CC2)c1. The predicted octanol–water partition coefficient (Wildman–Crippen LogP) is 3.29. The first-order valence-electron chi connectivity index (χ1n) is 9.17. The van der Waals surface area contributed by atoms with Gasteiger partial charge in [0.1, 0.15) is 12.4 Å². The number of para-hydroxylation sites is 1. The topological polar surface area (TPSA) is 44.8 Å². The second kappa shape index (κ2) is 8.61. The van der Waals surface area contributed by atoms with Crippen LogP contribution in [0.15, 0.2) is 54.6 Å². The highest BCUT2D eigenvalue weighted by Crippen LogP contribution is 2.16. The van der Waals surface area contributed by atoms with Gasteiger partial charge in [-0.3, -0.25) is 0 Å². The largest absolute Gasteiger partial charge is 0.491 e. The van der Waals surface area contributed by atoms with Gasteiger partial charge in [-0.25, -0.2) is 4.79 Å². The van der Waals surface area contributed by atoms with Gasteiger partial charge in [0.05, 0.1) is 6.04 Å². The van der Waals surface area contributed by atoms with Crippen LogP contribution in [-0.2, 0) is 0 Å². The first kappa shape index (κ1) is 18.1. The van der Waals surface area contributed by atoms with Crippen molar-refractivity contribution >= 4 is 11.7 Å². The Hall–Kier alpha value is -2.69. The highest BCUT2D eigenvalue weighted by molar-refractivity contribution is 5.75. The van der Waals surface area contributed by atoms with E-state index in [1.165, 1.54) is 5.69 Å². The molecule has 1 unspecified atom stereocenters. The number of carbonyl (C=O) groups excluding carboxylic acids is 1. The number of piperazine rings is 1. The van der Waals surface area contributed by atoms with Gasteiger partial charge in [0.15, 0.2) is 0 Å². The highest BCUT2D eigenvalue weighted by atomic mass is 16.5. The minimum absolute atomic E-state index is 0.0157. The third-order valence-electron chi connectivity index (χ3n) is 4.55. The van der Waals surface area contributed by atoms with E-state index >= 15 is 0 Å². The van der Waals surface area contributed by atoms with Crippen LogP contribution in [0.2, 0.25) is 0 Å². The van der Waals surface area contributed by atoms with E-state index in [9.17, 15) is 4.79 Å². The number of nitrogens with zero attached hydrogens (tertiary/aromatic N) is 2. The number of carbonyl (C=O) groups is 1. The Bertz CT molecular complexity index is 712. The number of anilines is 1. The molecule has 0 radical (unpaired) electrons. The van der Waals surface area contributed by atoms with Gasteiger partial charge in [0.2, 0.25) is 0 Å². The number of urea groups is 1. The fraction of sp³-hybridized carbons (Fsp3) is 0.381. The Labute approximate surface area is 155 Å². The van der Waals surface area contributed by atoms with Crippen LogP contribution in [-0.4, -0.2) is 49.8 Å². The molecule has 0 saturated carbocycles. The summed E-state index contributed by atoms with van der Waals surface area (Å²) in [5, 5.41) is 3.03. The summed E-state index contributed by atoms with van der Waals surface area (Å²) in [4.78, 5) is 16.6. The van der Waals surface area contributed by atoms with E-state index in [1.54, 1.807) is 0 Å². The van der Waals surface area contributed by atoms with Crippen LogP contribution in [0.4, 0.5) is 10.5 Å². The maximum Gasteiger partial charge on any atom is 0.317 e. The zero-order valence-electron chi connectivity index (χ0n) is 15.5.